The number of carbonyl (C=O) groups is 2. The molecule has 1 spiro atoms. The summed E-state index contributed by atoms with van der Waals surface area (Å²) in [5, 5.41) is 12.0. The molecule has 5 nitrogen and oxygen atoms in total. The first-order valence-electron chi connectivity index (χ1n) is 7.14. The number of rotatable bonds is 2. The fourth-order valence-electron chi connectivity index (χ4n) is 3.17. The minimum absolute atomic E-state index is 0.00126. The number of halogens is 2. The van der Waals surface area contributed by atoms with Crippen LogP contribution < -0.4 is 5.32 Å². The van der Waals surface area contributed by atoms with Gasteiger partial charge in [-0.15, -0.1) is 0 Å². The molecule has 1 saturated heterocycles. The van der Waals surface area contributed by atoms with Crippen molar-refractivity contribution in [1.29, 1.82) is 0 Å². The average Bonchev–Trinajstić information content (AvgIpc) is 3.09. The summed E-state index contributed by atoms with van der Waals surface area (Å²) in [5.74, 6) is -0.887. The second-order valence-electron chi connectivity index (χ2n) is 6.02. The molecular weight excluding hydrogens is 311 g/mol. The Morgan fingerprint density at radius 3 is 2.59 bits per heavy atom. The van der Waals surface area contributed by atoms with Crippen LogP contribution in [-0.2, 0) is 0 Å². The zero-order valence-electron chi connectivity index (χ0n) is 11.8. The fourth-order valence-corrected chi connectivity index (χ4v) is 3.40. The van der Waals surface area contributed by atoms with Crippen molar-refractivity contribution >= 4 is 23.6 Å². The molecule has 2 aliphatic rings. The van der Waals surface area contributed by atoms with Crippen molar-refractivity contribution in [2.45, 2.75) is 25.3 Å². The molecule has 1 aliphatic carbocycles. The fraction of sp³-hybridized carbons (Fsp3) is 0.467. The van der Waals surface area contributed by atoms with E-state index in [0.29, 0.717) is 13.1 Å². The number of nitrogens with one attached hydrogen (secondary N) is 1. The monoisotopic (exact) mass is 326 g/mol. The SMILES string of the molecule is O=C(N[C@H]1CC12CCN(C(=O)O)CC2)c1cc(F)cc(Cl)c1. The first kappa shape index (κ1) is 15.1. The third-order valence-electron chi connectivity index (χ3n) is 4.65. The van der Waals surface area contributed by atoms with E-state index < -0.39 is 11.9 Å². The van der Waals surface area contributed by atoms with E-state index in [2.05, 4.69) is 5.32 Å². The van der Waals surface area contributed by atoms with E-state index in [1.54, 1.807) is 0 Å². The van der Waals surface area contributed by atoms with Gasteiger partial charge in [0.15, 0.2) is 0 Å². The summed E-state index contributed by atoms with van der Waals surface area (Å²) in [5.41, 5.74) is 0.202. The van der Waals surface area contributed by atoms with E-state index in [9.17, 15) is 14.0 Å². The van der Waals surface area contributed by atoms with Crippen LogP contribution in [0.15, 0.2) is 18.2 Å². The molecule has 0 bridgehead atoms. The van der Waals surface area contributed by atoms with Crippen LogP contribution in [0, 0.1) is 11.2 Å². The van der Waals surface area contributed by atoms with Gasteiger partial charge >= 0.3 is 6.09 Å². The topological polar surface area (TPSA) is 69.6 Å². The van der Waals surface area contributed by atoms with Gasteiger partial charge in [0.25, 0.3) is 5.91 Å². The van der Waals surface area contributed by atoms with E-state index in [0.717, 1.165) is 31.4 Å². The predicted molar refractivity (Wildman–Crippen MR) is 78.5 cm³/mol. The molecule has 118 valence electrons. The second kappa shape index (κ2) is 5.43. The van der Waals surface area contributed by atoms with Crippen LogP contribution in [-0.4, -0.2) is 41.1 Å². The summed E-state index contributed by atoms with van der Waals surface area (Å²) in [6.45, 7) is 0.987. The maximum absolute atomic E-state index is 13.3. The zero-order chi connectivity index (χ0) is 15.9. The van der Waals surface area contributed by atoms with Crippen LogP contribution in [0.1, 0.15) is 29.6 Å². The normalized spacial score (nSPS) is 22.5. The van der Waals surface area contributed by atoms with Gasteiger partial charge < -0.3 is 15.3 Å². The summed E-state index contributed by atoms with van der Waals surface area (Å²) in [4.78, 5) is 24.5. The Labute approximate surface area is 132 Å². The third kappa shape index (κ3) is 2.88. The van der Waals surface area contributed by atoms with Gasteiger partial charge in [-0.1, -0.05) is 11.6 Å². The quantitative estimate of drug-likeness (QED) is 0.878. The summed E-state index contributed by atoms with van der Waals surface area (Å²) >= 11 is 5.75. The lowest BCUT2D eigenvalue weighted by atomic mass is 9.93. The van der Waals surface area contributed by atoms with E-state index in [1.807, 2.05) is 0 Å². The summed E-state index contributed by atoms with van der Waals surface area (Å²) in [7, 11) is 0. The molecule has 0 radical (unpaired) electrons. The van der Waals surface area contributed by atoms with Crippen molar-refractivity contribution in [3.05, 3.63) is 34.6 Å². The molecule has 0 unspecified atom stereocenters. The molecule has 2 N–H and O–H groups in total. The highest BCUT2D eigenvalue weighted by atomic mass is 35.5. The van der Waals surface area contributed by atoms with Gasteiger partial charge in [0.2, 0.25) is 0 Å². The lowest BCUT2D eigenvalue weighted by Crippen LogP contribution is -2.41. The number of piperidine rings is 1. The molecule has 3 rings (SSSR count). The van der Waals surface area contributed by atoms with Crippen LogP contribution in [0.5, 0.6) is 0 Å². The van der Waals surface area contributed by atoms with Gasteiger partial charge in [0.05, 0.1) is 0 Å². The summed E-state index contributed by atoms with van der Waals surface area (Å²) in [6.07, 6.45) is 1.43. The number of nitrogens with zero attached hydrogens (tertiary/aromatic N) is 1. The number of amides is 2. The van der Waals surface area contributed by atoms with Gasteiger partial charge in [-0.25, -0.2) is 9.18 Å². The molecule has 1 saturated carbocycles. The molecule has 22 heavy (non-hydrogen) atoms. The van der Waals surface area contributed by atoms with Gasteiger partial charge in [0.1, 0.15) is 5.82 Å². The van der Waals surface area contributed by atoms with Crippen LogP contribution in [0.25, 0.3) is 0 Å². The molecular formula is C15H16ClFN2O3. The number of likely N-dealkylation sites (tertiary alicyclic amines) is 1. The van der Waals surface area contributed by atoms with Crippen LogP contribution in [0.3, 0.4) is 0 Å². The van der Waals surface area contributed by atoms with E-state index in [4.69, 9.17) is 16.7 Å². The largest absolute Gasteiger partial charge is 0.465 e. The van der Waals surface area contributed by atoms with Crippen molar-refractivity contribution in [3.63, 3.8) is 0 Å². The minimum atomic E-state index is -0.898. The van der Waals surface area contributed by atoms with Crippen LogP contribution >= 0.6 is 11.6 Å². The molecule has 1 aliphatic heterocycles. The highest BCUT2D eigenvalue weighted by Gasteiger charge is 2.56. The lowest BCUT2D eigenvalue weighted by molar-refractivity contribution is 0.0926. The van der Waals surface area contributed by atoms with Gasteiger partial charge in [-0.2, -0.15) is 0 Å². The van der Waals surface area contributed by atoms with Crippen molar-refractivity contribution in [2.24, 2.45) is 5.41 Å². The summed E-state index contributed by atoms with van der Waals surface area (Å²) in [6, 6.07) is 3.77. The number of hydrogen-bond acceptors (Lipinski definition) is 2. The van der Waals surface area contributed by atoms with E-state index in [1.165, 1.54) is 11.0 Å². The zero-order valence-corrected chi connectivity index (χ0v) is 12.6. The first-order valence-corrected chi connectivity index (χ1v) is 7.52. The van der Waals surface area contributed by atoms with Crippen LogP contribution in [0.2, 0.25) is 5.02 Å². The Balaban J connectivity index is 1.59. The van der Waals surface area contributed by atoms with Gasteiger partial charge in [0, 0.05) is 29.7 Å². The van der Waals surface area contributed by atoms with Crippen molar-refractivity contribution in [2.75, 3.05) is 13.1 Å². The van der Waals surface area contributed by atoms with Gasteiger partial charge in [-0.3, -0.25) is 4.79 Å². The highest BCUT2D eigenvalue weighted by molar-refractivity contribution is 6.31. The van der Waals surface area contributed by atoms with Gasteiger partial charge in [-0.05, 0) is 42.9 Å². The summed E-state index contributed by atoms with van der Waals surface area (Å²) < 4.78 is 13.3. The molecule has 7 heteroatoms. The number of carboxylic acid groups (broad SMARTS) is 1. The molecule has 1 atom stereocenters. The Morgan fingerprint density at radius 1 is 1.32 bits per heavy atom. The second-order valence-corrected chi connectivity index (χ2v) is 6.46. The molecule has 2 fully saturated rings. The van der Waals surface area contributed by atoms with Crippen molar-refractivity contribution in [3.8, 4) is 0 Å². The third-order valence-corrected chi connectivity index (χ3v) is 4.87. The molecule has 2 amide bonds. The van der Waals surface area contributed by atoms with Crippen molar-refractivity contribution in [1.82, 2.24) is 10.2 Å². The van der Waals surface area contributed by atoms with Crippen molar-refractivity contribution < 1.29 is 19.1 Å². The maximum Gasteiger partial charge on any atom is 0.407 e. The Kier molecular flexibility index (Phi) is 3.72. The standard InChI is InChI=1S/C15H16ClFN2O3/c16-10-5-9(6-11(17)7-10)13(20)18-12-8-15(12)1-3-19(4-2-15)14(21)22/h5-7,12H,1-4,8H2,(H,18,20)(H,21,22)/t12-/m0/s1. The van der Waals surface area contributed by atoms with E-state index >= 15 is 0 Å². The first-order chi connectivity index (χ1) is 10.4. The number of hydrogen-bond donors (Lipinski definition) is 2. The minimum Gasteiger partial charge on any atom is -0.465 e. The Morgan fingerprint density at radius 2 is 2.00 bits per heavy atom. The predicted octanol–water partition coefficient (Wildman–Crippen LogP) is 2.74. The highest BCUT2D eigenvalue weighted by Crippen LogP contribution is 2.53. The molecule has 1 aromatic rings. The number of carbonyl (C=O) groups excluding carboxylic acids is 1. The Bertz CT molecular complexity index is 609. The number of benzene rings is 1. The molecule has 0 aromatic heterocycles. The average molecular weight is 327 g/mol. The Hall–Kier alpha value is -1.82. The maximum atomic E-state index is 13.3. The van der Waals surface area contributed by atoms with Crippen LogP contribution in [0.4, 0.5) is 9.18 Å². The smallest absolute Gasteiger partial charge is 0.407 e. The molecule has 1 aromatic carbocycles. The van der Waals surface area contributed by atoms with E-state index in [-0.39, 0.29) is 28.0 Å². The molecule has 1 heterocycles. The lowest BCUT2D eigenvalue weighted by Gasteiger charge is -2.30.